The lowest BCUT2D eigenvalue weighted by Gasteiger charge is -2.07. The van der Waals surface area contributed by atoms with E-state index in [2.05, 4.69) is 22.6 Å². The third-order valence-corrected chi connectivity index (χ3v) is 4.37. The summed E-state index contributed by atoms with van der Waals surface area (Å²) in [5.41, 5.74) is 1.75. The first-order chi connectivity index (χ1) is 8.50. The molecule has 0 aromatic heterocycles. The average molecular weight is 375 g/mol. The summed E-state index contributed by atoms with van der Waals surface area (Å²) in [5.74, 6) is -0.724. The predicted molar refractivity (Wildman–Crippen MR) is 78.7 cm³/mol. The summed E-state index contributed by atoms with van der Waals surface area (Å²) in [7, 11) is 0. The van der Waals surface area contributed by atoms with Gasteiger partial charge >= 0.3 is 0 Å². The molecule has 1 nitrogen and oxygen atoms in total. The molecule has 0 saturated carbocycles. The summed E-state index contributed by atoms with van der Waals surface area (Å²) in [4.78, 5) is 12.3. The Morgan fingerprint density at radius 3 is 2.67 bits per heavy atom. The summed E-state index contributed by atoms with van der Waals surface area (Å²) in [6.07, 6.45) is 0. The van der Waals surface area contributed by atoms with Crippen LogP contribution in [0.2, 0.25) is 5.02 Å². The molecular formula is C14H9ClFIO. The van der Waals surface area contributed by atoms with Crippen molar-refractivity contribution >= 4 is 40.0 Å². The highest BCUT2D eigenvalue weighted by atomic mass is 127. The van der Waals surface area contributed by atoms with Crippen LogP contribution in [0.3, 0.4) is 0 Å². The van der Waals surface area contributed by atoms with Crippen LogP contribution in [0.5, 0.6) is 0 Å². The van der Waals surface area contributed by atoms with E-state index in [0.717, 1.165) is 9.13 Å². The molecule has 0 fully saturated rings. The minimum Gasteiger partial charge on any atom is -0.289 e. The highest BCUT2D eigenvalue weighted by Crippen LogP contribution is 2.24. The number of hydrogen-bond acceptors (Lipinski definition) is 1. The van der Waals surface area contributed by atoms with Gasteiger partial charge in [-0.3, -0.25) is 4.79 Å². The Bertz CT molecular complexity index is 621. The molecule has 0 aliphatic carbocycles. The third kappa shape index (κ3) is 2.57. The van der Waals surface area contributed by atoms with Gasteiger partial charge in [0.1, 0.15) is 5.82 Å². The van der Waals surface area contributed by atoms with Gasteiger partial charge in [0, 0.05) is 14.7 Å². The fourth-order valence-electron chi connectivity index (χ4n) is 1.64. The van der Waals surface area contributed by atoms with Gasteiger partial charge in [0.2, 0.25) is 0 Å². The zero-order chi connectivity index (χ0) is 13.3. The molecule has 4 heteroatoms. The monoisotopic (exact) mass is 374 g/mol. The van der Waals surface area contributed by atoms with Crippen molar-refractivity contribution < 1.29 is 9.18 Å². The molecule has 0 aliphatic rings. The van der Waals surface area contributed by atoms with Crippen molar-refractivity contribution in [1.29, 1.82) is 0 Å². The van der Waals surface area contributed by atoms with Crippen molar-refractivity contribution in [2.24, 2.45) is 0 Å². The molecule has 18 heavy (non-hydrogen) atoms. The van der Waals surface area contributed by atoms with Crippen LogP contribution in [-0.2, 0) is 0 Å². The van der Waals surface area contributed by atoms with Gasteiger partial charge in [-0.1, -0.05) is 23.7 Å². The zero-order valence-corrected chi connectivity index (χ0v) is 12.4. The first-order valence-corrected chi connectivity index (χ1v) is 6.71. The Kier molecular flexibility index (Phi) is 4.02. The number of ketones is 1. The van der Waals surface area contributed by atoms with Crippen molar-refractivity contribution in [2.45, 2.75) is 6.92 Å². The number of benzene rings is 2. The molecule has 2 rings (SSSR count). The van der Waals surface area contributed by atoms with Crippen molar-refractivity contribution in [3.63, 3.8) is 0 Å². The lowest BCUT2D eigenvalue weighted by atomic mass is 10.0. The van der Waals surface area contributed by atoms with Gasteiger partial charge in [0.15, 0.2) is 5.78 Å². The van der Waals surface area contributed by atoms with Crippen LogP contribution < -0.4 is 0 Å². The lowest BCUT2D eigenvalue weighted by molar-refractivity contribution is 0.103. The molecular weight excluding hydrogens is 366 g/mol. The van der Waals surface area contributed by atoms with Crippen LogP contribution in [0, 0.1) is 16.3 Å². The molecule has 0 heterocycles. The number of halogens is 3. The molecule has 0 saturated heterocycles. The third-order valence-electron chi connectivity index (χ3n) is 2.61. The standard InChI is InChI=1S/C14H9ClFIO/c1-8-3-2-4-10(13(8)17)14(18)11-7-9(16)5-6-12(11)15/h2-7H,1H3. The maximum atomic E-state index is 13.2. The Labute approximate surface area is 123 Å². The fourth-order valence-corrected chi connectivity index (χ4v) is 2.45. The van der Waals surface area contributed by atoms with E-state index in [1.54, 1.807) is 12.1 Å². The van der Waals surface area contributed by atoms with Crippen LogP contribution >= 0.6 is 34.2 Å². The second-order valence-electron chi connectivity index (χ2n) is 3.89. The minimum atomic E-state index is -0.467. The van der Waals surface area contributed by atoms with Crippen LogP contribution in [0.15, 0.2) is 36.4 Å². The van der Waals surface area contributed by atoms with Crippen molar-refractivity contribution in [1.82, 2.24) is 0 Å². The van der Waals surface area contributed by atoms with Gasteiger partial charge in [-0.25, -0.2) is 4.39 Å². The molecule has 0 N–H and O–H groups in total. The quantitative estimate of drug-likeness (QED) is 0.554. The van der Waals surface area contributed by atoms with E-state index in [1.807, 2.05) is 13.0 Å². The second-order valence-corrected chi connectivity index (χ2v) is 5.38. The second kappa shape index (κ2) is 5.36. The molecule has 0 aliphatic heterocycles. The normalized spacial score (nSPS) is 10.4. The molecule has 0 unspecified atom stereocenters. The summed E-state index contributed by atoms with van der Waals surface area (Å²) >= 11 is 8.05. The van der Waals surface area contributed by atoms with E-state index in [9.17, 15) is 9.18 Å². The van der Waals surface area contributed by atoms with Gasteiger partial charge < -0.3 is 0 Å². The van der Waals surface area contributed by atoms with Gasteiger partial charge in [-0.2, -0.15) is 0 Å². The van der Waals surface area contributed by atoms with Gasteiger partial charge in [-0.15, -0.1) is 0 Å². The summed E-state index contributed by atoms with van der Waals surface area (Å²) < 4.78 is 14.1. The van der Waals surface area contributed by atoms with E-state index in [0.29, 0.717) is 5.56 Å². The highest BCUT2D eigenvalue weighted by molar-refractivity contribution is 14.1. The molecule has 2 aromatic rings. The Morgan fingerprint density at radius 2 is 1.94 bits per heavy atom. The SMILES string of the molecule is Cc1cccc(C(=O)c2cc(F)ccc2Cl)c1I. The Morgan fingerprint density at radius 1 is 1.22 bits per heavy atom. The van der Waals surface area contributed by atoms with Crippen molar-refractivity contribution in [2.75, 3.05) is 0 Å². The summed E-state index contributed by atoms with van der Waals surface area (Å²) in [6.45, 7) is 1.92. The van der Waals surface area contributed by atoms with Crippen molar-refractivity contribution in [3.05, 3.63) is 67.5 Å². The van der Waals surface area contributed by atoms with Gasteiger partial charge in [0.25, 0.3) is 0 Å². The maximum absolute atomic E-state index is 13.2. The Balaban J connectivity index is 2.55. The van der Waals surface area contributed by atoms with E-state index >= 15 is 0 Å². The number of aryl methyl sites for hydroxylation is 1. The number of carbonyl (C=O) groups is 1. The topological polar surface area (TPSA) is 17.1 Å². The predicted octanol–water partition coefficient (Wildman–Crippen LogP) is 4.62. The Hall–Kier alpha value is -0.940. The molecule has 92 valence electrons. The largest absolute Gasteiger partial charge is 0.289 e. The summed E-state index contributed by atoms with van der Waals surface area (Å²) in [6, 6.07) is 9.25. The molecule has 0 radical (unpaired) electrons. The van der Waals surface area contributed by atoms with Crippen LogP contribution in [0.4, 0.5) is 4.39 Å². The number of carbonyl (C=O) groups excluding carboxylic acids is 1. The van der Waals surface area contributed by atoms with Gasteiger partial charge in [0.05, 0.1) is 5.02 Å². The average Bonchev–Trinajstić information content (AvgIpc) is 2.35. The molecule has 2 aromatic carbocycles. The van der Waals surface area contributed by atoms with Crippen LogP contribution in [-0.4, -0.2) is 5.78 Å². The number of rotatable bonds is 2. The van der Waals surface area contributed by atoms with Gasteiger partial charge in [-0.05, 0) is 59.3 Å². The number of hydrogen-bond donors (Lipinski definition) is 0. The molecule has 0 atom stereocenters. The lowest BCUT2D eigenvalue weighted by Crippen LogP contribution is -2.06. The fraction of sp³-hybridized carbons (Fsp3) is 0.0714. The van der Waals surface area contributed by atoms with E-state index in [4.69, 9.17) is 11.6 Å². The van der Waals surface area contributed by atoms with Crippen LogP contribution in [0.1, 0.15) is 21.5 Å². The zero-order valence-electron chi connectivity index (χ0n) is 9.51. The minimum absolute atomic E-state index is 0.195. The van der Waals surface area contributed by atoms with Crippen molar-refractivity contribution in [3.8, 4) is 0 Å². The molecule has 0 bridgehead atoms. The highest BCUT2D eigenvalue weighted by Gasteiger charge is 2.17. The maximum Gasteiger partial charge on any atom is 0.195 e. The first kappa shape index (κ1) is 13.5. The first-order valence-electron chi connectivity index (χ1n) is 5.25. The van der Waals surface area contributed by atoms with E-state index in [-0.39, 0.29) is 16.4 Å². The van der Waals surface area contributed by atoms with Crippen LogP contribution in [0.25, 0.3) is 0 Å². The smallest absolute Gasteiger partial charge is 0.195 e. The summed E-state index contributed by atoms with van der Waals surface area (Å²) in [5, 5.41) is 0.263. The molecule has 0 amide bonds. The van der Waals surface area contributed by atoms with E-state index in [1.165, 1.54) is 18.2 Å². The van der Waals surface area contributed by atoms with E-state index < -0.39 is 5.82 Å². The molecule has 0 spiro atoms.